The molecular weight excluding hydrogens is 478 g/mol. The van der Waals surface area contributed by atoms with E-state index in [0.717, 1.165) is 44.3 Å². The van der Waals surface area contributed by atoms with Gasteiger partial charge in [-0.3, -0.25) is 9.98 Å². The van der Waals surface area contributed by atoms with Gasteiger partial charge in [0.25, 0.3) is 0 Å². The minimum Gasteiger partial charge on any atom is -0.383 e. The van der Waals surface area contributed by atoms with E-state index in [1.54, 1.807) is 18.8 Å². The topological polar surface area (TPSA) is 128 Å². The van der Waals surface area contributed by atoms with Crippen LogP contribution in [0.1, 0.15) is 72.1 Å². The molecule has 0 aliphatic heterocycles. The SMILES string of the molecule is C=N/C(Cl)=C(NC)\C(=N/CSCCC)NC1CCC(OCCN=O)C1.CC.OC1(O)CCCC1. The van der Waals surface area contributed by atoms with E-state index in [1.807, 2.05) is 13.8 Å². The summed E-state index contributed by atoms with van der Waals surface area (Å²) in [6, 6.07) is 0.238. The quantitative estimate of drug-likeness (QED) is 0.0749. The largest absolute Gasteiger partial charge is 0.383 e. The Labute approximate surface area is 214 Å². The number of thioether (sulfide) groups is 1. The van der Waals surface area contributed by atoms with E-state index in [2.05, 4.69) is 39.4 Å². The molecule has 4 N–H and O–H groups in total. The molecule has 2 atom stereocenters. The van der Waals surface area contributed by atoms with Gasteiger partial charge in [-0.05, 0) is 51.0 Å². The summed E-state index contributed by atoms with van der Waals surface area (Å²) >= 11 is 7.93. The average Bonchev–Trinajstić information content (AvgIpc) is 3.46. The zero-order chi connectivity index (χ0) is 25.8. The molecule has 2 fully saturated rings. The van der Waals surface area contributed by atoms with Crippen molar-refractivity contribution in [2.75, 3.05) is 31.8 Å². The van der Waals surface area contributed by atoms with Crippen LogP contribution in [0, 0.1) is 4.91 Å². The molecule has 0 aromatic heterocycles. The lowest BCUT2D eigenvalue weighted by atomic mass is 10.2. The molecule has 2 aliphatic carbocycles. The zero-order valence-electron chi connectivity index (χ0n) is 21.2. The summed E-state index contributed by atoms with van der Waals surface area (Å²) in [5.41, 5.74) is 0.642. The third-order valence-corrected chi connectivity index (χ3v) is 6.48. The van der Waals surface area contributed by atoms with Crippen LogP contribution in [0.2, 0.25) is 0 Å². The van der Waals surface area contributed by atoms with Crippen molar-refractivity contribution in [1.29, 1.82) is 0 Å². The number of ether oxygens (including phenoxy) is 1. The highest BCUT2D eigenvalue weighted by molar-refractivity contribution is 7.99. The number of hydrogen-bond acceptors (Lipinski definition) is 9. The molecule has 0 bridgehead atoms. The maximum atomic E-state index is 10.1. The third kappa shape index (κ3) is 14.3. The van der Waals surface area contributed by atoms with E-state index >= 15 is 0 Å². The first-order valence-corrected chi connectivity index (χ1v) is 13.7. The van der Waals surface area contributed by atoms with Gasteiger partial charge in [0, 0.05) is 25.9 Å². The summed E-state index contributed by atoms with van der Waals surface area (Å²) in [5.74, 6) is 1.11. The standard InChI is InChI=1S/C16H28ClN5O2S.C5H10O2.C2H6/c1-4-9-25-11-20-16(14(18-2)15(17)19-3)22-12-5-6-13(10-12)24-8-7-21-23;6-5(7)3-1-2-4-5;1-2/h12-13,18H,3-11H2,1-2H3,(H,20,22);6-7H,1-4H2;1-2H3/b15-14+;;. The van der Waals surface area contributed by atoms with Crippen molar-refractivity contribution in [3.8, 4) is 0 Å². The molecular formula is C23H44ClN5O4S. The van der Waals surface area contributed by atoms with Gasteiger partial charge in [0.15, 0.2) is 10.9 Å². The number of rotatable bonds is 12. The van der Waals surface area contributed by atoms with E-state index in [9.17, 15) is 4.91 Å². The summed E-state index contributed by atoms with van der Waals surface area (Å²) < 4.78 is 5.66. The summed E-state index contributed by atoms with van der Waals surface area (Å²) in [6.07, 6.45) is 7.08. The first-order valence-electron chi connectivity index (χ1n) is 12.2. The van der Waals surface area contributed by atoms with Crippen LogP contribution in [0.3, 0.4) is 0 Å². The van der Waals surface area contributed by atoms with Crippen LogP contribution in [0.5, 0.6) is 0 Å². The molecule has 2 unspecified atom stereocenters. The highest BCUT2D eigenvalue weighted by atomic mass is 35.5. The van der Waals surface area contributed by atoms with Crippen molar-refractivity contribution in [3.05, 3.63) is 15.8 Å². The molecule has 2 aliphatic rings. The number of amidine groups is 1. The second kappa shape index (κ2) is 20.0. The van der Waals surface area contributed by atoms with Gasteiger partial charge in [0.1, 0.15) is 18.1 Å². The van der Waals surface area contributed by atoms with Gasteiger partial charge in [-0.2, -0.15) is 4.91 Å². The van der Waals surface area contributed by atoms with E-state index < -0.39 is 5.79 Å². The molecule has 34 heavy (non-hydrogen) atoms. The maximum Gasteiger partial charge on any atom is 0.162 e. The minimum absolute atomic E-state index is 0.144. The number of nitrogens with zero attached hydrogens (tertiary/aromatic N) is 3. The van der Waals surface area contributed by atoms with Crippen LogP contribution in [0.25, 0.3) is 0 Å². The monoisotopic (exact) mass is 521 g/mol. The Morgan fingerprint density at radius 1 is 1.26 bits per heavy atom. The van der Waals surface area contributed by atoms with Crippen molar-refractivity contribution in [2.45, 2.75) is 90.1 Å². The molecule has 0 amide bonds. The second-order valence-electron chi connectivity index (χ2n) is 7.81. The Balaban J connectivity index is 0.00000101. The normalized spacial score (nSPS) is 21.9. The van der Waals surface area contributed by atoms with Crippen LogP contribution in [0.4, 0.5) is 0 Å². The number of nitroso groups, excluding NO2 is 1. The van der Waals surface area contributed by atoms with Crippen molar-refractivity contribution >= 4 is 35.9 Å². The number of halogens is 1. The Hall–Kier alpha value is -1.20. The van der Waals surface area contributed by atoms with Crippen molar-refractivity contribution < 1.29 is 14.9 Å². The summed E-state index contributed by atoms with van der Waals surface area (Å²) in [6.45, 7) is 10.2. The zero-order valence-corrected chi connectivity index (χ0v) is 22.8. The third-order valence-electron chi connectivity index (χ3n) is 5.16. The lowest BCUT2D eigenvalue weighted by Gasteiger charge is -2.19. The molecule has 2 saturated carbocycles. The highest BCUT2D eigenvalue weighted by Crippen LogP contribution is 2.26. The first kappa shape index (κ1) is 32.8. The van der Waals surface area contributed by atoms with Crippen LogP contribution in [0.15, 0.2) is 26.0 Å². The van der Waals surface area contributed by atoms with E-state index in [4.69, 9.17) is 26.6 Å². The van der Waals surface area contributed by atoms with Gasteiger partial charge in [0.05, 0.1) is 18.6 Å². The fourth-order valence-corrected chi connectivity index (χ4v) is 4.35. The van der Waals surface area contributed by atoms with Gasteiger partial charge in [-0.15, -0.1) is 11.8 Å². The summed E-state index contributed by atoms with van der Waals surface area (Å²) in [4.78, 5) is 18.6. The van der Waals surface area contributed by atoms with Crippen LogP contribution in [-0.4, -0.2) is 72.5 Å². The molecule has 2 rings (SSSR count). The van der Waals surface area contributed by atoms with Gasteiger partial charge < -0.3 is 25.6 Å². The Morgan fingerprint density at radius 2 is 1.94 bits per heavy atom. The minimum atomic E-state index is -1.31. The number of aliphatic imine (C=N–C) groups is 2. The Kier molecular flexibility index (Phi) is 19.3. The predicted molar refractivity (Wildman–Crippen MR) is 145 cm³/mol. The van der Waals surface area contributed by atoms with Gasteiger partial charge >= 0.3 is 0 Å². The van der Waals surface area contributed by atoms with Crippen LogP contribution >= 0.6 is 23.4 Å². The van der Waals surface area contributed by atoms with Gasteiger partial charge in [-0.25, -0.2) is 0 Å². The van der Waals surface area contributed by atoms with Crippen LogP contribution in [-0.2, 0) is 4.74 Å². The number of hydrogen-bond donors (Lipinski definition) is 4. The van der Waals surface area contributed by atoms with E-state index in [0.29, 0.717) is 36.9 Å². The lowest BCUT2D eigenvalue weighted by Crippen LogP contribution is -2.38. The first-order chi connectivity index (χ1) is 16.4. The molecule has 0 saturated heterocycles. The van der Waals surface area contributed by atoms with Crippen molar-refractivity contribution in [1.82, 2.24) is 10.6 Å². The highest BCUT2D eigenvalue weighted by Gasteiger charge is 2.27. The van der Waals surface area contributed by atoms with Crippen molar-refractivity contribution in [3.63, 3.8) is 0 Å². The summed E-state index contributed by atoms with van der Waals surface area (Å²) in [7, 11) is 1.78. The van der Waals surface area contributed by atoms with E-state index in [1.165, 1.54) is 0 Å². The number of likely N-dealkylation sites (N-methyl/N-ethyl adjacent to an activating group) is 1. The van der Waals surface area contributed by atoms with Crippen molar-refractivity contribution in [2.24, 2.45) is 15.2 Å². The Bertz CT molecular complexity index is 626. The Morgan fingerprint density at radius 3 is 2.44 bits per heavy atom. The molecule has 0 heterocycles. The fourth-order valence-electron chi connectivity index (χ4n) is 3.53. The summed E-state index contributed by atoms with van der Waals surface area (Å²) in [5, 5.41) is 27.1. The maximum absolute atomic E-state index is 10.1. The second-order valence-corrected chi connectivity index (χ2v) is 9.24. The molecule has 0 radical (unpaired) electrons. The predicted octanol–water partition coefficient (Wildman–Crippen LogP) is 4.37. The smallest absolute Gasteiger partial charge is 0.162 e. The van der Waals surface area contributed by atoms with Crippen LogP contribution < -0.4 is 10.6 Å². The fraction of sp³-hybridized carbons (Fsp3) is 0.826. The molecule has 0 spiro atoms. The van der Waals surface area contributed by atoms with Gasteiger partial charge in [0.2, 0.25) is 0 Å². The van der Waals surface area contributed by atoms with Gasteiger partial charge in [-0.1, -0.05) is 37.5 Å². The molecule has 0 aromatic rings. The molecule has 0 aromatic carbocycles. The molecule has 11 heteroatoms. The van der Waals surface area contributed by atoms with E-state index in [-0.39, 0.29) is 23.8 Å². The number of aliphatic hydroxyl groups is 2. The lowest BCUT2D eigenvalue weighted by molar-refractivity contribution is -0.152. The molecule has 198 valence electrons. The molecule has 9 nitrogen and oxygen atoms in total. The number of nitrogens with one attached hydrogen (secondary N) is 2. The average molecular weight is 522 g/mol.